The number of rotatable bonds is 3. The largest absolute Gasteiger partial charge is 0.291 e. The molecule has 3 N–H and O–H groups in total. The van der Waals surface area contributed by atoms with Gasteiger partial charge in [-0.3, -0.25) is 10.9 Å². The lowest BCUT2D eigenvalue weighted by atomic mass is 9.77. The molecule has 92 valence electrons. The van der Waals surface area contributed by atoms with Gasteiger partial charge in [-0.25, -0.2) is 5.43 Å². The molecule has 2 aliphatic rings. The molecule has 0 bridgehead atoms. The van der Waals surface area contributed by atoms with Gasteiger partial charge < -0.3 is 0 Å². The van der Waals surface area contributed by atoms with Crippen LogP contribution in [0.25, 0.3) is 0 Å². The van der Waals surface area contributed by atoms with Gasteiger partial charge in [-0.2, -0.15) is 5.10 Å². The van der Waals surface area contributed by atoms with Gasteiger partial charge in [-0.05, 0) is 38.0 Å². The molecule has 1 saturated heterocycles. The van der Waals surface area contributed by atoms with Crippen LogP contribution in [0.5, 0.6) is 0 Å². The van der Waals surface area contributed by atoms with E-state index in [0.29, 0.717) is 6.17 Å². The summed E-state index contributed by atoms with van der Waals surface area (Å²) in [5, 5.41) is 4.42. The van der Waals surface area contributed by atoms with Crippen LogP contribution in [0.1, 0.15) is 46.0 Å². The molecule has 1 saturated carbocycles. The lowest BCUT2D eigenvalue weighted by Gasteiger charge is -2.41. The quantitative estimate of drug-likeness (QED) is 0.504. The van der Waals surface area contributed by atoms with Crippen LogP contribution in [0.4, 0.5) is 0 Å². The minimum atomic E-state index is 0.306. The SMILES string of the molecule is CCC(C)=NNC1NNCC2CCCCC21. The van der Waals surface area contributed by atoms with E-state index in [1.807, 2.05) is 0 Å². The summed E-state index contributed by atoms with van der Waals surface area (Å²) < 4.78 is 0. The van der Waals surface area contributed by atoms with E-state index in [4.69, 9.17) is 0 Å². The van der Waals surface area contributed by atoms with E-state index in [-0.39, 0.29) is 0 Å². The summed E-state index contributed by atoms with van der Waals surface area (Å²) in [4.78, 5) is 0. The van der Waals surface area contributed by atoms with Crippen LogP contribution in [0.3, 0.4) is 0 Å². The van der Waals surface area contributed by atoms with Crippen LogP contribution >= 0.6 is 0 Å². The third-order valence-electron chi connectivity index (χ3n) is 3.92. The Labute approximate surface area is 98.2 Å². The molecule has 1 aliphatic heterocycles. The Bertz CT molecular complexity index is 249. The Hall–Kier alpha value is -0.610. The summed E-state index contributed by atoms with van der Waals surface area (Å²) in [6.45, 7) is 5.32. The lowest BCUT2D eigenvalue weighted by molar-refractivity contribution is 0.0995. The monoisotopic (exact) mass is 224 g/mol. The molecule has 16 heavy (non-hydrogen) atoms. The topological polar surface area (TPSA) is 48.5 Å². The van der Waals surface area contributed by atoms with Crippen molar-refractivity contribution < 1.29 is 0 Å². The molecule has 2 fully saturated rings. The minimum Gasteiger partial charge on any atom is -0.291 e. The summed E-state index contributed by atoms with van der Waals surface area (Å²) in [6.07, 6.45) is 6.79. The highest BCUT2D eigenvalue weighted by Gasteiger charge is 2.34. The Balaban J connectivity index is 1.92. The molecular formula is C12H24N4. The predicted molar refractivity (Wildman–Crippen MR) is 66.9 cm³/mol. The maximum Gasteiger partial charge on any atom is 0.109 e. The summed E-state index contributed by atoms with van der Waals surface area (Å²) in [6, 6.07) is 0. The molecule has 0 aromatic rings. The smallest absolute Gasteiger partial charge is 0.109 e. The van der Waals surface area contributed by atoms with Crippen LogP contribution in [0.2, 0.25) is 0 Å². The van der Waals surface area contributed by atoms with Crippen molar-refractivity contribution in [1.29, 1.82) is 0 Å². The molecule has 0 amide bonds. The molecule has 0 spiro atoms. The van der Waals surface area contributed by atoms with Crippen molar-refractivity contribution in [3.63, 3.8) is 0 Å². The third kappa shape index (κ3) is 2.74. The maximum absolute atomic E-state index is 4.42. The molecule has 0 radical (unpaired) electrons. The van der Waals surface area contributed by atoms with Crippen molar-refractivity contribution in [3.8, 4) is 0 Å². The van der Waals surface area contributed by atoms with Gasteiger partial charge in [-0.1, -0.05) is 19.8 Å². The van der Waals surface area contributed by atoms with E-state index < -0.39 is 0 Å². The van der Waals surface area contributed by atoms with Crippen LogP contribution < -0.4 is 16.3 Å². The molecule has 3 atom stereocenters. The fourth-order valence-corrected chi connectivity index (χ4v) is 2.72. The van der Waals surface area contributed by atoms with Crippen LogP contribution in [0, 0.1) is 11.8 Å². The molecule has 1 heterocycles. The number of hydrazone groups is 1. The van der Waals surface area contributed by atoms with Crippen molar-refractivity contribution in [3.05, 3.63) is 0 Å². The highest BCUT2D eigenvalue weighted by atomic mass is 15.5. The average Bonchev–Trinajstić information content (AvgIpc) is 2.35. The first-order valence-corrected chi connectivity index (χ1v) is 6.58. The van der Waals surface area contributed by atoms with Crippen LogP contribution in [0.15, 0.2) is 5.10 Å². The summed E-state index contributed by atoms with van der Waals surface area (Å²) in [5.41, 5.74) is 11.1. The summed E-state index contributed by atoms with van der Waals surface area (Å²) >= 11 is 0. The van der Waals surface area contributed by atoms with Gasteiger partial charge in [0.15, 0.2) is 0 Å². The summed E-state index contributed by atoms with van der Waals surface area (Å²) in [5.74, 6) is 1.56. The minimum absolute atomic E-state index is 0.306. The number of hydrazine groups is 1. The van der Waals surface area contributed by atoms with Crippen molar-refractivity contribution in [2.45, 2.75) is 52.1 Å². The maximum atomic E-state index is 4.42. The number of nitrogens with one attached hydrogen (secondary N) is 3. The van der Waals surface area contributed by atoms with Gasteiger partial charge in [0.05, 0.1) is 0 Å². The molecular weight excluding hydrogens is 200 g/mol. The Morgan fingerprint density at radius 1 is 1.38 bits per heavy atom. The molecule has 4 nitrogen and oxygen atoms in total. The third-order valence-corrected chi connectivity index (χ3v) is 3.92. The van der Waals surface area contributed by atoms with E-state index in [0.717, 1.165) is 24.8 Å². The van der Waals surface area contributed by atoms with E-state index in [1.165, 1.54) is 31.4 Å². The zero-order chi connectivity index (χ0) is 11.4. The second-order valence-electron chi connectivity index (χ2n) is 5.04. The first kappa shape index (κ1) is 11.9. The van der Waals surface area contributed by atoms with E-state index in [9.17, 15) is 0 Å². The van der Waals surface area contributed by atoms with Crippen LogP contribution in [-0.4, -0.2) is 18.4 Å². The summed E-state index contributed by atoms with van der Waals surface area (Å²) in [7, 11) is 0. The van der Waals surface area contributed by atoms with Gasteiger partial charge in [-0.15, -0.1) is 0 Å². The average molecular weight is 224 g/mol. The second-order valence-corrected chi connectivity index (χ2v) is 5.04. The van der Waals surface area contributed by atoms with Crippen molar-refractivity contribution >= 4 is 5.71 Å². The first-order chi connectivity index (χ1) is 7.81. The zero-order valence-corrected chi connectivity index (χ0v) is 10.4. The second kappa shape index (κ2) is 5.64. The molecule has 0 aromatic heterocycles. The first-order valence-electron chi connectivity index (χ1n) is 6.58. The van der Waals surface area contributed by atoms with Gasteiger partial charge in [0.1, 0.15) is 6.17 Å². The number of hydrogen-bond donors (Lipinski definition) is 3. The normalized spacial score (nSPS) is 35.6. The van der Waals surface area contributed by atoms with Gasteiger partial charge in [0, 0.05) is 12.3 Å². The fourth-order valence-electron chi connectivity index (χ4n) is 2.72. The van der Waals surface area contributed by atoms with Gasteiger partial charge in [0.2, 0.25) is 0 Å². The van der Waals surface area contributed by atoms with Crippen molar-refractivity contribution in [2.24, 2.45) is 16.9 Å². The lowest BCUT2D eigenvalue weighted by Crippen LogP contribution is -2.61. The molecule has 2 rings (SSSR count). The molecule has 0 aromatic carbocycles. The Morgan fingerprint density at radius 3 is 3.00 bits per heavy atom. The standard InChI is InChI=1S/C12H24N4/c1-3-9(2)14-16-12-11-7-5-4-6-10(11)8-13-15-12/h10-13,15-16H,3-8H2,1-2H3. The van der Waals surface area contributed by atoms with Crippen molar-refractivity contribution in [1.82, 2.24) is 16.3 Å². The van der Waals surface area contributed by atoms with E-state index in [1.54, 1.807) is 0 Å². The Kier molecular flexibility index (Phi) is 4.18. The molecule has 3 unspecified atom stereocenters. The predicted octanol–water partition coefficient (Wildman–Crippen LogP) is 1.60. The number of hydrogen-bond acceptors (Lipinski definition) is 4. The van der Waals surface area contributed by atoms with E-state index in [2.05, 4.69) is 35.2 Å². The van der Waals surface area contributed by atoms with Crippen molar-refractivity contribution in [2.75, 3.05) is 6.54 Å². The number of fused-ring (bicyclic) bond motifs is 1. The highest BCUT2D eigenvalue weighted by Crippen LogP contribution is 2.32. The fraction of sp³-hybridized carbons (Fsp3) is 0.917. The Morgan fingerprint density at radius 2 is 2.19 bits per heavy atom. The van der Waals surface area contributed by atoms with Crippen LogP contribution in [-0.2, 0) is 0 Å². The van der Waals surface area contributed by atoms with Gasteiger partial charge >= 0.3 is 0 Å². The van der Waals surface area contributed by atoms with Gasteiger partial charge in [0.25, 0.3) is 0 Å². The highest BCUT2D eigenvalue weighted by molar-refractivity contribution is 5.81. The molecule has 1 aliphatic carbocycles. The van der Waals surface area contributed by atoms with E-state index >= 15 is 0 Å². The number of nitrogens with zero attached hydrogens (tertiary/aromatic N) is 1. The molecule has 4 heteroatoms. The zero-order valence-electron chi connectivity index (χ0n) is 10.4.